The molecule has 0 radical (unpaired) electrons. The Labute approximate surface area is 363 Å². The molecule has 17 N–H and O–H groups in total. The second kappa shape index (κ2) is 23.7. The minimum atomic E-state index is -5.10. The van der Waals surface area contributed by atoms with Crippen LogP contribution in [0.4, 0.5) is 0 Å². The average molecular weight is 960 g/mol. The molecule has 372 valence electrons. The molecule has 3 saturated heterocycles. The Morgan fingerprint density at radius 3 is 1.84 bits per heavy atom. The number of carbonyl (C=O) groups is 4. The predicted octanol–water partition coefficient (Wildman–Crippen LogP) is -10.6. The van der Waals surface area contributed by atoms with Crippen molar-refractivity contribution in [2.24, 2.45) is 0 Å². The lowest BCUT2D eigenvalue weighted by molar-refractivity contribution is -0.347. The topological polar surface area (TPSA) is 486 Å². The van der Waals surface area contributed by atoms with Gasteiger partial charge in [0.2, 0.25) is 17.7 Å². The zero-order valence-electron chi connectivity index (χ0n) is 34.2. The summed E-state index contributed by atoms with van der Waals surface area (Å²) in [5, 5.41) is 144. The van der Waals surface area contributed by atoms with Gasteiger partial charge in [0.25, 0.3) is 5.79 Å². The van der Waals surface area contributed by atoms with Gasteiger partial charge in [-0.05, 0) is 0 Å². The summed E-state index contributed by atoms with van der Waals surface area (Å²) < 4.78 is 68.5. The number of aliphatic hydroxyl groups is 12. The SMILES string of the molecule is CC(=O)N[C@H]1[C@H](OC[C@@H](O)[C@H](O)[C@H](O[C@@H]2O[C@H](CO[C@]3(C(=O)O)C[C@H](O)[C@@H](NC(C)=O)[C@H]([C@H](O)[C@H](O)CO)O3)[C@H](O)[C@H](O)[C@H]2O)[C@H](CO)NC(C)=O)O[C@H](COS(=O)(=O)O)[C@@H](O)[C@@H]1O. The van der Waals surface area contributed by atoms with Crippen molar-refractivity contribution in [3.8, 4) is 0 Å². The molecule has 3 rings (SSSR count). The smallest absolute Gasteiger partial charge is 0.397 e. The van der Waals surface area contributed by atoms with Crippen LogP contribution < -0.4 is 16.0 Å². The van der Waals surface area contributed by atoms with Gasteiger partial charge in [0.15, 0.2) is 12.6 Å². The minimum absolute atomic E-state index is 0.788. The number of amides is 3. The third-order valence-electron chi connectivity index (χ3n) is 10.2. The van der Waals surface area contributed by atoms with Crippen LogP contribution in [0.5, 0.6) is 0 Å². The molecular weight excluding hydrogens is 902 g/mol. The van der Waals surface area contributed by atoms with E-state index in [4.69, 9.17) is 33.0 Å². The molecule has 0 aromatic heterocycles. The van der Waals surface area contributed by atoms with Crippen molar-refractivity contribution in [1.82, 2.24) is 16.0 Å². The van der Waals surface area contributed by atoms with Gasteiger partial charge in [-0.15, -0.1) is 0 Å². The lowest BCUT2D eigenvalue weighted by atomic mass is 9.88. The highest BCUT2D eigenvalue weighted by Crippen LogP contribution is 2.35. The molecule has 0 aliphatic carbocycles. The normalized spacial score (nSPS) is 36.4. The van der Waals surface area contributed by atoms with Crippen molar-refractivity contribution in [3.63, 3.8) is 0 Å². The van der Waals surface area contributed by atoms with Crippen LogP contribution in [0.15, 0.2) is 0 Å². The van der Waals surface area contributed by atoms with Crippen molar-refractivity contribution in [1.29, 1.82) is 0 Å². The van der Waals surface area contributed by atoms with E-state index in [1.807, 2.05) is 0 Å². The molecule has 0 saturated carbocycles. The van der Waals surface area contributed by atoms with Crippen LogP contribution in [0.25, 0.3) is 0 Å². The van der Waals surface area contributed by atoms with E-state index in [1.165, 1.54) is 0 Å². The van der Waals surface area contributed by atoms with Gasteiger partial charge in [-0.25, -0.2) is 8.98 Å². The summed E-state index contributed by atoms with van der Waals surface area (Å²) >= 11 is 0. The number of carboxylic acid groups (broad SMARTS) is 1. The maximum absolute atomic E-state index is 12.6. The number of aliphatic hydroxyl groups excluding tert-OH is 12. The van der Waals surface area contributed by atoms with Crippen LogP contribution >= 0.6 is 0 Å². The zero-order chi connectivity index (χ0) is 48.6. The van der Waals surface area contributed by atoms with Crippen LogP contribution in [0.3, 0.4) is 0 Å². The molecule has 0 spiro atoms. The summed E-state index contributed by atoms with van der Waals surface area (Å²) in [4.78, 5) is 48.5. The van der Waals surface area contributed by atoms with E-state index in [9.17, 15) is 94.0 Å². The number of hydrogen-bond donors (Lipinski definition) is 17. The molecule has 0 bridgehead atoms. The maximum atomic E-state index is 12.6. The number of hydrogen-bond acceptors (Lipinski definition) is 25. The third kappa shape index (κ3) is 14.3. The van der Waals surface area contributed by atoms with E-state index < -0.39 is 195 Å². The van der Waals surface area contributed by atoms with Gasteiger partial charge in [-0.3, -0.25) is 18.9 Å². The van der Waals surface area contributed by atoms with E-state index >= 15 is 0 Å². The maximum Gasteiger partial charge on any atom is 0.397 e. The van der Waals surface area contributed by atoms with Crippen LogP contribution in [0, 0.1) is 0 Å². The van der Waals surface area contributed by atoms with Crippen molar-refractivity contribution in [3.05, 3.63) is 0 Å². The molecule has 3 fully saturated rings. The van der Waals surface area contributed by atoms with Crippen LogP contribution in [0.1, 0.15) is 27.2 Å². The molecule has 0 aromatic carbocycles. The lowest BCUT2D eigenvalue weighted by Crippen LogP contribution is -2.68. The van der Waals surface area contributed by atoms with Gasteiger partial charge in [-0.2, -0.15) is 8.42 Å². The summed E-state index contributed by atoms with van der Waals surface area (Å²) in [5.41, 5.74) is 0. The quantitative estimate of drug-likeness (QED) is 0.0448. The average Bonchev–Trinajstić information content (AvgIpc) is 3.21. The first-order valence-electron chi connectivity index (χ1n) is 19.3. The fourth-order valence-corrected chi connectivity index (χ4v) is 7.29. The molecule has 3 amide bonds. The van der Waals surface area contributed by atoms with Crippen molar-refractivity contribution in [2.45, 2.75) is 149 Å². The van der Waals surface area contributed by atoms with E-state index in [0.717, 1.165) is 20.8 Å². The number of carboxylic acids is 1. The zero-order valence-corrected chi connectivity index (χ0v) is 35.0. The van der Waals surface area contributed by atoms with E-state index in [2.05, 4.69) is 20.1 Å². The Bertz CT molecular complexity index is 1670. The molecule has 0 unspecified atom stereocenters. The number of rotatable bonds is 22. The largest absolute Gasteiger partial charge is 0.477 e. The number of ether oxygens (including phenoxy) is 6. The molecule has 31 heteroatoms. The first-order valence-corrected chi connectivity index (χ1v) is 20.6. The van der Waals surface area contributed by atoms with Crippen molar-refractivity contribution < 1.29 is 131 Å². The number of nitrogens with one attached hydrogen (secondary N) is 3. The van der Waals surface area contributed by atoms with Gasteiger partial charge < -0.3 is 111 Å². The summed E-state index contributed by atoms with van der Waals surface area (Å²) in [6.07, 6.45) is -34.1. The van der Waals surface area contributed by atoms with Crippen molar-refractivity contribution >= 4 is 34.1 Å². The standard InChI is InChI=1S/C33H57N3O27S/c1-10(39)34-13(5-37)28(22(46)16(44)7-57-30-20(36-12(3)41)25(49)23(47)18(60-30)9-59-64(54,55)56)62-31-27(51)26(50)24(48)17(61-31)8-58-33(32(52)53)4-14(42)19(35-11(2)40)29(63-33)21(45)15(43)6-38/h13-31,37-38,42-51H,4-9H2,1-3H3,(H,34,39)(H,35,40)(H,36,41)(H,52,53)(H,54,55,56)/t13-,14-,15+,16+,17+,18+,19+,20+,21+,22-,23+,24-,25+,26-,27+,28+,29+,30+,31-,33+/m0/s1. The predicted molar refractivity (Wildman–Crippen MR) is 199 cm³/mol. The Morgan fingerprint density at radius 1 is 0.750 bits per heavy atom. The fourth-order valence-electron chi connectivity index (χ4n) is 6.99. The Kier molecular flexibility index (Phi) is 20.5. The third-order valence-corrected chi connectivity index (χ3v) is 10.7. The van der Waals surface area contributed by atoms with Crippen molar-refractivity contribution in [2.75, 3.05) is 33.0 Å². The highest BCUT2D eigenvalue weighted by atomic mass is 32.3. The Hall–Kier alpha value is -2.97. The fraction of sp³-hybridized carbons (Fsp3) is 0.879. The highest BCUT2D eigenvalue weighted by Gasteiger charge is 2.57. The first-order chi connectivity index (χ1) is 29.7. The van der Waals surface area contributed by atoms with E-state index in [0.29, 0.717) is 0 Å². The molecule has 20 atom stereocenters. The van der Waals surface area contributed by atoms with Gasteiger partial charge in [0, 0.05) is 27.2 Å². The molecular formula is C33H57N3O27S. The highest BCUT2D eigenvalue weighted by molar-refractivity contribution is 7.80. The summed E-state index contributed by atoms with van der Waals surface area (Å²) in [7, 11) is -5.10. The molecule has 3 heterocycles. The summed E-state index contributed by atoms with van der Waals surface area (Å²) in [6, 6.07) is -4.94. The Balaban J connectivity index is 1.88. The van der Waals surface area contributed by atoms with Gasteiger partial charge in [0.1, 0.15) is 85.4 Å². The van der Waals surface area contributed by atoms with E-state index in [-0.39, 0.29) is 0 Å². The minimum Gasteiger partial charge on any atom is -0.477 e. The van der Waals surface area contributed by atoms with Gasteiger partial charge in [0.05, 0.1) is 51.2 Å². The summed E-state index contributed by atoms with van der Waals surface area (Å²) in [6.45, 7) is -2.51. The molecule has 30 nitrogen and oxygen atoms in total. The first kappa shape index (κ1) is 55.4. The Morgan fingerprint density at radius 2 is 1.31 bits per heavy atom. The second-order valence-electron chi connectivity index (χ2n) is 15.1. The van der Waals surface area contributed by atoms with Crippen LogP contribution in [-0.2, 0) is 62.2 Å². The summed E-state index contributed by atoms with van der Waals surface area (Å²) in [5.74, 6) is -7.41. The molecule has 64 heavy (non-hydrogen) atoms. The second-order valence-corrected chi connectivity index (χ2v) is 16.2. The lowest BCUT2D eigenvalue weighted by Gasteiger charge is -2.47. The van der Waals surface area contributed by atoms with Crippen LogP contribution in [-0.4, -0.2) is 258 Å². The van der Waals surface area contributed by atoms with Gasteiger partial charge >= 0.3 is 16.4 Å². The monoisotopic (exact) mass is 959 g/mol. The van der Waals surface area contributed by atoms with E-state index in [1.54, 1.807) is 0 Å². The number of carbonyl (C=O) groups excluding carboxylic acids is 3. The molecule has 0 aromatic rings. The molecule has 3 aliphatic rings. The van der Waals surface area contributed by atoms with Crippen LogP contribution in [0.2, 0.25) is 0 Å². The number of aliphatic carboxylic acids is 1. The van der Waals surface area contributed by atoms with Gasteiger partial charge in [-0.1, -0.05) is 0 Å². The molecule has 3 aliphatic heterocycles.